The molecule has 2 saturated heterocycles. The third-order valence-electron chi connectivity index (χ3n) is 4.66. The van der Waals surface area contributed by atoms with Crippen LogP contribution in [-0.2, 0) is 9.59 Å². The molecule has 2 aliphatic heterocycles. The number of hydrogen-bond donors (Lipinski definition) is 2. The van der Waals surface area contributed by atoms with Crippen molar-refractivity contribution in [3.05, 3.63) is 0 Å². The molecule has 0 aromatic carbocycles. The van der Waals surface area contributed by atoms with Crippen LogP contribution in [0.15, 0.2) is 0 Å². The number of carboxylic acid groups (broad SMARTS) is 1. The average Bonchev–Trinajstić information content (AvgIpc) is 2.47. The number of amides is 1. The third-order valence-corrected chi connectivity index (χ3v) is 4.66. The standard InChI is InChI=1S/C14H24N2O3/c1-2-14(6-4-7-15-10-14)13(19)16-8-3-5-11(9-16)12(17)18/h11,15H,2-10H2,1H3,(H,17,18)/t11-,14?/m0/s1. The SMILES string of the molecule is CCC1(C(=O)N2CCC[C@H](C(=O)O)C2)CCCNC1. The Morgan fingerprint density at radius 2 is 2.21 bits per heavy atom. The fraction of sp³-hybridized carbons (Fsp3) is 0.857. The Balaban J connectivity index is 2.06. The number of nitrogens with zero attached hydrogens (tertiary/aromatic N) is 1. The molecule has 0 aromatic heterocycles. The molecule has 2 rings (SSSR count). The lowest BCUT2D eigenvalue weighted by Gasteiger charge is -2.41. The first-order valence-electron chi connectivity index (χ1n) is 7.32. The second-order valence-electron chi connectivity index (χ2n) is 5.84. The van der Waals surface area contributed by atoms with E-state index >= 15 is 0 Å². The van der Waals surface area contributed by atoms with E-state index in [2.05, 4.69) is 12.2 Å². The number of hydrogen-bond acceptors (Lipinski definition) is 3. The fourth-order valence-electron chi connectivity index (χ4n) is 3.30. The zero-order chi connectivity index (χ0) is 13.9. The van der Waals surface area contributed by atoms with Crippen LogP contribution in [0, 0.1) is 11.3 Å². The smallest absolute Gasteiger partial charge is 0.308 e. The van der Waals surface area contributed by atoms with E-state index in [1.54, 1.807) is 4.90 Å². The van der Waals surface area contributed by atoms with E-state index in [0.29, 0.717) is 19.5 Å². The summed E-state index contributed by atoms with van der Waals surface area (Å²) in [6.07, 6.45) is 4.26. The predicted octanol–water partition coefficient (Wildman–Crippen LogP) is 1.09. The highest BCUT2D eigenvalue weighted by Gasteiger charge is 2.42. The number of piperidine rings is 2. The first kappa shape index (κ1) is 14.3. The van der Waals surface area contributed by atoms with E-state index in [0.717, 1.165) is 38.8 Å². The zero-order valence-electron chi connectivity index (χ0n) is 11.7. The van der Waals surface area contributed by atoms with Gasteiger partial charge in [-0.05, 0) is 38.6 Å². The maximum Gasteiger partial charge on any atom is 0.308 e. The Hall–Kier alpha value is -1.10. The van der Waals surface area contributed by atoms with Crippen LogP contribution in [0.4, 0.5) is 0 Å². The number of rotatable bonds is 3. The minimum absolute atomic E-state index is 0.160. The second-order valence-corrected chi connectivity index (χ2v) is 5.84. The molecule has 0 aromatic rings. The van der Waals surface area contributed by atoms with Crippen molar-refractivity contribution in [3.63, 3.8) is 0 Å². The molecule has 2 fully saturated rings. The molecule has 0 bridgehead atoms. The Morgan fingerprint density at radius 1 is 1.42 bits per heavy atom. The molecule has 5 nitrogen and oxygen atoms in total. The number of likely N-dealkylation sites (tertiary alicyclic amines) is 1. The summed E-state index contributed by atoms with van der Waals surface area (Å²) in [4.78, 5) is 25.7. The minimum atomic E-state index is -0.773. The van der Waals surface area contributed by atoms with Gasteiger partial charge in [-0.1, -0.05) is 6.92 Å². The van der Waals surface area contributed by atoms with Gasteiger partial charge in [0.1, 0.15) is 0 Å². The monoisotopic (exact) mass is 268 g/mol. The molecule has 2 N–H and O–H groups in total. The van der Waals surface area contributed by atoms with Gasteiger partial charge in [-0.3, -0.25) is 9.59 Å². The molecule has 0 radical (unpaired) electrons. The molecule has 1 amide bonds. The lowest BCUT2D eigenvalue weighted by molar-refractivity contribution is -0.150. The summed E-state index contributed by atoms with van der Waals surface area (Å²) < 4.78 is 0. The van der Waals surface area contributed by atoms with E-state index in [1.165, 1.54) is 0 Å². The zero-order valence-corrected chi connectivity index (χ0v) is 11.7. The highest BCUT2D eigenvalue weighted by atomic mass is 16.4. The number of nitrogens with one attached hydrogen (secondary N) is 1. The van der Waals surface area contributed by atoms with Gasteiger partial charge < -0.3 is 15.3 Å². The van der Waals surface area contributed by atoms with Crippen LogP contribution in [0.5, 0.6) is 0 Å². The first-order valence-corrected chi connectivity index (χ1v) is 7.32. The van der Waals surface area contributed by atoms with Crippen molar-refractivity contribution in [3.8, 4) is 0 Å². The summed E-state index contributed by atoms with van der Waals surface area (Å²) in [7, 11) is 0. The summed E-state index contributed by atoms with van der Waals surface area (Å²) >= 11 is 0. The highest BCUT2D eigenvalue weighted by molar-refractivity contribution is 5.84. The largest absolute Gasteiger partial charge is 0.481 e. The third kappa shape index (κ3) is 2.91. The van der Waals surface area contributed by atoms with E-state index in [-0.39, 0.29) is 17.2 Å². The minimum Gasteiger partial charge on any atom is -0.481 e. The molecular formula is C14H24N2O3. The first-order chi connectivity index (χ1) is 9.09. The van der Waals surface area contributed by atoms with E-state index in [1.807, 2.05) is 0 Å². The van der Waals surface area contributed by atoms with Gasteiger partial charge in [0.25, 0.3) is 0 Å². The summed E-state index contributed by atoms with van der Waals surface area (Å²) in [6.45, 7) is 4.87. The van der Waals surface area contributed by atoms with Crippen molar-refractivity contribution >= 4 is 11.9 Å². The normalized spacial score (nSPS) is 32.1. The highest BCUT2D eigenvalue weighted by Crippen LogP contribution is 2.33. The molecule has 2 heterocycles. The van der Waals surface area contributed by atoms with Crippen LogP contribution in [0.2, 0.25) is 0 Å². The quantitative estimate of drug-likeness (QED) is 0.804. The Bertz CT molecular complexity index is 351. The summed E-state index contributed by atoms with van der Waals surface area (Å²) in [5.74, 6) is -0.999. The second kappa shape index (κ2) is 5.90. The maximum atomic E-state index is 12.8. The van der Waals surface area contributed by atoms with Gasteiger partial charge >= 0.3 is 5.97 Å². The Labute approximate surface area is 114 Å². The Morgan fingerprint density at radius 3 is 2.79 bits per heavy atom. The molecule has 19 heavy (non-hydrogen) atoms. The molecule has 2 aliphatic rings. The summed E-state index contributed by atoms with van der Waals surface area (Å²) in [5, 5.41) is 12.4. The van der Waals surface area contributed by atoms with Gasteiger partial charge in [-0.2, -0.15) is 0 Å². The molecule has 1 unspecified atom stereocenters. The van der Waals surface area contributed by atoms with Crippen LogP contribution in [0.1, 0.15) is 39.0 Å². The van der Waals surface area contributed by atoms with Gasteiger partial charge in [-0.25, -0.2) is 0 Å². The fourth-order valence-corrected chi connectivity index (χ4v) is 3.30. The Kier molecular flexibility index (Phi) is 4.45. The molecular weight excluding hydrogens is 244 g/mol. The predicted molar refractivity (Wildman–Crippen MR) is 71.8 cm³/mol. The molecule has 2 atom stereocenters. The number of carbonyl (C=O) groups excluding carboxylic acids is 1. The molecule has 0 saturated carbocycles. The van der Waals surface area contributed by atoms with Crippen molar-refractivity contribution in [1.29, 1.82) is 0 Å². The van der Waals surface area contributed by atoms with Crippen LogP contribution in [0.3, 0.4) is 0 Å². The average molecular weight is 268 g/mol. The van der Waals surface area contributed by atoms with Crippen LogP contribution in [-0.4, -0.2) is 48.1 Å². The molecule has 0 spiro atoms. The van der Waals surface area contributed by atoms with Crippen molar-refractivity contribution in [2.24, 2.45) is 11.3 Å². The van der Waals surface area contributed by atoms with Gasteiger partial charge in [0.15, 0.2) is 0 Å². The van der Waals surface area contributed by atoms with Crippen LogP contribution >= 0.6 is 0 Å². The topological polar surface area (TPSA) is 69.6 Å². The van der Waals surface area contributed by atoms with E-state index < -0.39 is 5.97 Å². The van der Waals surface area contributed by atoms with Crippen molar-refractivity contribution in [2.75, 3.05) is 26.2 Å². The summed E-state index contributed by atoms with van der Waals surface area (Å²) in [5.41, 5.74) is -0.307. The van der Waals surface area contributed by atoms with Crippen LogP contribution in [0.25, 0.3) is 0 Å². The molecule has 5 heteroatoms. The van der Waals surface area contributed by atoms with E-state index in [4.69, 9.17) is 5.11 Å². The van der Waals surface area contributed by atoms with Crippen molar-refractivity contribution in [1.82, 2.24) is 10.2 Å². The van der Waals surface area contributed by atoms with E-state index in [9.17, 15) is 9.59 Å². The molecule has 0 aliphatic carbocycles. The van der Waals surface area contributed by atoms with Gasteiger partial charge in [0.2, 0.25) is 5.91 Å². The lowest BCUT2D eigenvalue weighted by atomic mass is 9.76. The number of carbonyl (C=O) groups is 2. The van der Waals surface area contributed by atoms with Crippen molar-refractivity contribution < 1.29 is 14.7 Å². The van der Waals surface area contributed by atoms with Crippen molar-refractivity contribution in [2.45, 2.75) is 39.0 Å². The van der Waals surface area contributed by atoms with Gasteiger partial charge in [0, 0.05) is 19.6 Å². The van der Waals surface area contributed by atoms with Gasteiger partial charge in [0.05, 0.1) is 11.3 Å². The van der Waals surface area contributed by atoms with Crippen LogP contribution < -0.4 is 5.32 Å². The maximum absolute atomic E-state index is 12.8. The number of carboxylic acids is 1. The lowest BCUT2D eigenvalue weighted by Crippen LogP contribution is -2.54. The number of aliphatic carboxylic acids is 1. The van der Waals surface area contributed by atoms with Gasteiger partial charge in [-0.15, -0.1) is 0 Å². The summed E-state index contributed by atoms with van der Waals surface area (Å²) in [6, 6.07) is 0. The molecule has 108 valence electrons.